The number of carbonyl (C=O) groups excluding carboxylic acids is 1. The molecular formula is C15H26N2O4. The van der Waals surface area contributed by atoms with Crippen LogP contribution in [0.3, 0.4) is 0 Å². The standard InChI is InChI=1S/C15H26N2O4/c1-3-10-4-6-11(7-5-10)16-15(20)17(2)13-9-21-8-12(13)14(18)19/h10-13H,3-9H2,1-2H3,(H,16,20)(H,18,19). The molecule has 1 heterocycles. The van der Waals surface area contributed by atoms with Crippen LogP contribution in [-0.4, -0.2) is 54.4 Å². The second-order valence-corrected chi connectivity index (χ2v) is 6.24. The van der Waals surface area contributed by atoms with E-state index in [-0.39, 0.29) is 24.7 Å². The number of carbonyl (C=O) groups is 2. The van der Waals surface area contributed by atoms with Crippen molar-refractivity contribution < 1.29 is 19.4 Å². The second kappa shape index (κ2) is 7.11. The highest BCUT2D eigenvalue weighted by molar-refractivity contribution is 5.77. The minimum Gasteiger partial charge on any atom is -0.481 e. The molecule has 1 aliphatic carbocycles. The second-order valence-electron chi connectivity index (χ2n) is 6.24. The zero-order valence-electron chi connectivity index (χ0n) is 12.9. The van der Waals surface area contributed by atoms with Gasteiger partial charge < -0.3 is 20.1 Å². The molecule has 1 saturated heterocycles. The van der Waals surface area contributed by atoms with E-state index in [1.165, 1.54) is 11.3 Å². The first-order valence-electron chi connectivity index (χ1n) is 7.86. The molecular weight excluding hydrogens is 272 g/mol. The quantitative estimate of drug-likeness (QED) is 0.828. The van der Waals surface area contributed by atoms with Crippen LogP contribution in [0.5, 0.6) is 0 Å². The van der Waals surface area contributed by atoms with Gasteiger partial charge in [0, 0.05) is 13.1 Å². The van der Waals surface area contributed by atoms with Crippen molar-refractivity contribution in [3.63, 3.8) is 0 Å². The number of amides is 2. The topological polar surface area (TPSA) is 78.9 Å². The highest BCUT2D eigenvalue weighted by Gasteiger charge is 2.39. The largest absolute Gasteiger partial charge is 0.481 e. The number of hydrogen-bond acceptors (Lipinski definition) is 3. The third-order valence-electron chi connectivity index (χ3n) is 4.94. The van der Waals surface area contributed by atoms with Gasteiger partial charge in [0.2, 0.25) is 0 Å². The first kappa shape index (κ1) is 16.1. The number of urea groups is 1. The third kappa shape index (κ3) is 3.87. The van der Waals surface area contributed by atoms with E-state index in [1.54, 1.807) is 7.05 Å². The van der Waals surface area contributed by atoms with Crippen molar-refractivity contribution in [2.45, 2.75) is 51.1 Å². The molecule has 0 aromatic carbocycles. The Hall–Kier alpha value is -1.30. The van der Waals surface area contributed by atoms with Crippen LogP contribution in [0, 0.1) is 11.8 Å². The van der Waals surface area contributed by atoms with Gasteiger partial charge in [-0.3, -0.25) is 4.79 Å². The predicted molar refractivity (Wildman–Crippen MR) is 78.1 cm³/mol. The molecule has 120 valence electrons. The lowest BCUT2D eigenvalue weighted by atomic mass is 9.84. The van der Waals surface area contributed by atoms with Crippen molar-refractivity contribution in [2.75, 3.05) is 20.3 Å². The minimum absolute atomic E-state index is 0.180. The van der Waals surface area contributed by atoms with Crippen LogP contribution in [0.15, 0.2) is 0 Å². The number of likely N-dealkylation sites (N-methyl/N-ethyl adjacent to an activating group) is 1. The Morgan fingerprint density at radius 3 is 2.48 bits per heavy atom. The van der Waals surface area contributed by atoms with Gasteiger partial charge in [-0.15, -0.1) is 0 Å². The minimum atomic E-state index is -0.902. The first-order chi connectivity index (χ1) is 10.0. The molecule has 2 aliphatic rings. The van der Waals surface area contributed by atoms with E-state index in [0.29, 0.717) is 6.61 Å². The van der Waals surface area contributed by atoms with E-state index in [1.807, 2.05) is 0 Å². The summed E-state index contributed by atoms with van der Waals surface area (Å²) in [6.45, 7) is 2.69. The summed E-state index contributed by atoms with van der Waals surface area (Å²) >= 11 is 0. The number of nitrogens with zero attached hydrogens (tertiary/aromatic N) is 1. The van der Waals surface area contributed by atoms with E-state index in [2.05, 4.69) is 12.2 Å². The number of hydrogen-bond donors (Lipinski definition) is 2. The molecule has 1 aliphatic heterocycles. The lowest BCUT2D eigenvalue weighted by molar-refractivity contribution is -0.142. The van der Waals surface area contributed by atoms with Crippen molar-refractivity contribution in [3.05, 3.63) is 0 Å². The zero-order valence-corrected chi connectivity index (χ0v) is 12.9. The van der Waals surface area contributed by atoms with Crippen LogP contribution < -0.4 is 5.32 Å². The predicted octanol–water partition coefficient (Wildman–Crippen LogP) is 1.70. The molecule has 0 spiro atoms. The third-order valence-corrected chi connectivity index (χ3v) is 4.94. The summed E-state index contributed by atoms with van der Waals surface area (Å²) in [6, 6.07) is -0.348. The Kier molecular flexibility index (Phi) is 5.45. The van der Waals surface area contributed by atoms with Crippen LogP contribution in [0.2, 0.25) is 0 Å². The number of nitrogens with one attached hydrogen (secondary N) is 1. The number of rotatable bonds is 4. The maximum absolute atomic E-state index is 12.3. The van der Waals surface area contributed by atoms with Crippen molar-refractivity contribution in [3.8, 4) is 0 Å². The van der Waals surface area contributed by atoms with Gasteiger partial charge in [-0.05, 0) is 31.6 Å². The number of carboxylic acid groups (broad SMARTS) is 1. The maximum Gasteiger partial charge on any atom is 0.317 e. The molecule has 2 N–H and O–H groups in total. The fraction of sp³-hybridized carbons (Fsp3) is 0.867. The molecule has 2 rings (SSSR count). The van der Waals surface area contributed by atoms with Crippen LogP contribution in [0.1, 0.15) is 39.0 Å². The van der Waals surface area contributed by atoms with E-state index in [0.717, 1.165) is 31.6 Å². The Bertz CT molecular complexity index is 380. The molecule has 2 amide bonds. The average molecular weight is 298 g/mol. The highest BCUT2D eigenvalue weighted by atomic mass is 16.5. The number of ether oxygens (including phenoxy) is 1. The fourth-order valence-electron chi connectivity index (χ4n) is 3.30. The van der Waals surface area contributed by atoms with Gasteiger partial charge in [0.05, 0.1) is 19.3 Å². The molecule has 2 fully saturated rings. The number of carboxylic acids is 1. The molecule has 2 unspecified atom stereocenters. The summed E-state index contributed by atoms with van der Waals surface area (Å²) in [7, 11) is 1.66. The van der Waals surface area contributed by atoms with Gasteiger partial charge in [0.25, 0.3) is 0 Å². The lowest BCUT2D eigenvalue weighted by Crippen LogP contribution is -2.51. The van der Waals surface area contributed by atoms with E-state index in [4.69, 9.17) is 9.84 Å². The summed E-state index contributed by atoms with van der Waals surface area (Å²) in [5.74, 6) is -0.743. The molecule has 0 radical (unpaired) electrons. The van der Waals surface area contributed by atoms with Crippen LogP contribution in [0.4, 0.5) is 4.79 Å². The smallest absolute Gasteiger partial charge is 0.317 e. The summed E-state index contributed by atoms with van der Waals surface area (Å²) < 4.78 is 5.22. The number of aliphatic carboxylic acids is 1. The van der Waals surface area contributed by atoms with Crippen molar-refractivity contribution in [1.29, 1.82) is 0 Å². The van der Waals surface area contributed by atoms with Gasteiger partial charge in [-0.1, -0.05) is 13.3 Å². The monoisotopic (exact) mass is 298 g/mol. The molecule has 6 heteroatoms. The molecule has 6 nitrogen and oxygen atoms in total. The maximum atomic E-state index is 12.3. The lowest BCUT2D eigenvalue weighted by Gasteiger charge is -2.32. The van der Waals surface area contributed by atoms with Crippen LogP contribution in [-0.2, 0) is 9.53 Å². The summed E-state index contributed by atoms with van der Waals surface area (Å²) in [6.07, 6.45) is 5.56. The van der Waals surface area contributed by atoms with Crippen molar-refractivity contribution in [2.24, 2.45) is 11.8 Å². The van der Waals surface area contributed by atoms with E-state index < -0.39 is 11.9 Å². The average Bonchev–Trinajstić information content (AvgIpc) is 2.96. The summed E-state index contributed by atoms with van der Waals surface area (Å²) in [5, 5.41) is 12.2. The summed E-state index contributed by atoms with van der Waals surface area (Å²) in [5.41, 5.74) is 0. The van der Waals surface area contributed by atoms with Gasteiger partial charge in [-0.2, -0.15) is 0 Å². The van der Waals surface area contributed by atoms with Gasteiger partial charge >= 0.3 is 12.0 Å². The van der Waals surface area contributed by atoms with Crippen molar-refractivity contribution in [1.82, 2.24) is 10.2 Å². The van der Waals surface area contributed by atoms with Crippen LogP contribution >= 0.6 is 0 Å². The molecule has 2 atom stereocenters. The first-order valence-corrected chi connectivity index (χ1v) is 7.86. The molecule has 21 heavy (non-hydrogen) atoms. The van der Waals surface area contributed by atoms with Crippen molar-refractivity contribution >= 4 is 12.0 Å². The fourth-order valence-corrected chi connectivity index (χ4v) is 3.30. The van der Waals surface area contributed by atoms with E-state index >= 15 is 0 Å². The molecule has 1 saturated carbocycles. The summed E-state index contributed by atoms with van der Waals surface area (Å²) in [4.78, 5) is 24.9. The highest BCUT2D eigenvalue weighted by Crippen LogP contribution is 2.27. The van der Waals surface area contributed by atoms with Gasteiger partial charge in [0.1, 0.15) is 5.92 Å². The zero-order chi connectivity index (χ0) is 15.4. The Labute approximate surface area is 125 Å². The Morgan fingerprint density at radius 2 is 1.90 bits per heavy atom. The van der Waals surface area contributed by atoms with Gasteiger partial charge in [-0.25, -0.2) is 4.79 Å². The normalized spacial score (nSPS) is 32.7. The van der Waals surface area contributed by atoms with Gasteiger partial charge in [0.15, 0.2) is 0 Å². The van der Waals surface area contributed by atoms with Crippen LogP contribution in [0.25, 0.3) is 0 Å². The molecule has 0 bridgehead atoms. The Morgan fingerprint density at radius 1 is 1.24 bits per heavy atom. The SMILES string of the molecule is CCC1CCC(NC(=O)N(C)C2COCC2C(=O)O)CC1. The molecule has 0 aromatic heterocycles. The van der Waals surface area contributed by atoms with E-state index in [9.17, 15) is 9.59 Å². The molecule has 0 aromatic rings. The Balaban J connectivity index is 1.84.